The van der Waals surface area contributed by atoms with E-state index in [-0.39, 0.29) is 6.54 Å². The van der Waals surface area contributed by atoms with Gasteiger partial charge in [-0.15, -0.1) is 0 Å². The molecule has 1 unspecified atom stereocenters. The Kier molecular flexibility index (Phi) is 7.55. The maximum atomic E-state index is 12.2. The Morgan fingerprint density at radius 3 is 2.11 bits per heavy atom. The van der Waals surface area contributed by atoms with Crippen molar-refractivity contribution in [1.29, 1.82) is 0 Å². The summed E-state index contributed by atoms with van der Waals surface area (Å²) in [5.74, 6) is -1.59. The Labute approximate surface area is 113 Å². The highest BCUT2D eigenvalue weighted by Crippen LogP contribution is 2.07. The van der Waals surface area contributed by atoms with Gasteiger partial charge in [-0.3, -0.25) is 9.59 Å². The van der Waals surface area contributed by atoms with Gasteiger partial charge in [0.25, 0.3) is 0 Å². The first-order chi connectivity index (χ1) is 8.81. The minimum atomic E-state index is -1.17. The highest BCUT2D eigenvalue weighted by Gasteiger charge is 2.24. The molecule has 19 heavy (non-hydrogen) atoms. The van der Waals surface area contributed by atoms with Crippen LogP contribution >= 0.6 is 0 Å². The number of nitrogens with two attached hydrogens (primary N) is 1. The van der Waals surface area contributed by atoms with E-state index in [1.54, 1.807) is 0 Å². The molecule has 3 amide bonds. The van der Waals surface area contributed by atoms with E-state index in [1.165, 1.54) is 4.90 Å². The fourth-order valence-corrected chi connectivity index (χ4v) is 1.59. The molecule has 0 aromatic carbocycles. The number of carbonyl (C=O) groups excluding carboxylic acids is 2. The number of carbonyl (C=O) groups is 3. The maximum absolute atomic E-state index is 12.2. The van der Waals surface area contributed by atoms with Gasteiger partial charge in [0.15, 0.2) is 0 Å². The van der Waals surface area contributed by atoms with Crippen molar-refractivity contribution in [1.82, 2.24) is 9.80 Å². The predicted molar refractivity (Wildman–Crippen MR) is 70.5 cm³/mol. The average Bonchev–Trinajstić information content (AvgIpc) is 2.32. The van der Waals surface area contributed by atoms with Crippen molar-refractivity contribution in [2.45, 2.75) is 27.2 Å². The second-order valence-corrected chi connectivity index (χ2v) is 4.55. The lowest BCUT2D eigenvalue weighted by Crippen LogP contribution is -2.49. The lowest BCUT2D eigenvalue weighted by Gasteiger charge is -2.30. The third kappa shape index (κ3) is 6.64. The number of urea groups is 1. The normalized spacial score (nSPS) is 11.7. The summed E-state index contributed by atoms with van der Waals surface area (Å²) in [5.41, 5.74) is 5.03. The Morgan fingerprint density at radius 2 is 1.74 bits per heavy atom. The molecule has 0 aliphatic carbocycles. The molecule has 0 heterocycles. The fourth-order valence-electron chi connectivity index (χ4n) is 1.59. The van der Waals surface area contributed by atoms with Gasteiger partial charge < -0.3 is 20.6 Å². The summed E-state index contributed by atoms with van der Waals surface area (Å²) >= 11 is 0. The van der Waals surface area contributed by atoms with Gasteiger partial charge in [0.05, 0.1) is 0 Å². The summed E-state index contributed by atoms with van der Waals surface area (Å²) < 4.78 is 0. The minimum Gasteiger partial charge on any atom is -0.480 e. The summed E-state index contributed by atoms with van der Waals surface area (Å²) in [6.07, 6.45) is 0.915. The van der Waals surface area contributed by atoms with E-state index in [9.17, 15) is 14.4 Å². The van der Waals surface area contributed by atoms with E-state index in [4.69, 9.17) is 10.8 Å². The van der Waals surface area contributed by atoms with Gasteiger partial charge in [-0.1, -0.05) is 20.3 Å². The molecule has 0 saturated heterocycles. The van der Waals surface area contributed by atoms with Crippen LogP contribution in [0.1, 0.15) is 27.2 Å². The van der Waals surface area contributed by atoms with Crippen molar-refractivity contribution in [3.05, 3.63) is 0 Å². The summed E-state index contributed by atoms with van der Waals surface area (Å²) in [5, 5.41) is 8.76. The number of primary amides is 1. The van der Waals surface area contributed by atoms with Crippen molar-refractivity contribution in [2.75, 3.05) is 26.2 Å². The number of nitrogens with zero attached hydrogens (tertiary/aromatic N) is 2. The van der Waals surface area contributed by atoms with Crippen LogP contribution in [0.15, 0.2) is 0 Å². The molecule has 0 rings (SSSR count). The highest BCUT2D eigenvalue weighted by atomic mass is 16.4. The maximum Gasteiger partial charge on any atom is 0.323 e. The van der Waals surface area contributed by atoms with E-state index in [0.717, 1.165) is 11.3 Å². The molecule has 0 aromatic heterocycles. The number of aliphatic carboxylic acids is 1. The summed E-state index contributed by atoms with van der Waals surface area (Å²) in [6.45, 7) is 5.90. The Bertz CT molecular complexity index is 317. The topological polar surface area (TPSA) is 104 Å². The van der Waals surface area contributed by atoms with Gasteiger partial charge in [0.2, 0.25) is 5.91 Å². The summed E-state index contributed by atoms with van der Waals surface area (Å²) in [6, 6.07) is -0.469. The zero-order valence-electron chi connectivity index (χ0n) is 11.8. The van der Waals surface area contributed by atoms with Crippen LogP contribution < -0.4 is 5.73 Å². The molecule has 0 bridgehead atoms. The van der Waals surface area contributed by atoms with Gasteiger partial charge in [0, 0.05) is 13.1 Å². The molecule has 7 heteroatoms. The Hall–Kier alpha value is -1.79. The first-order valence-corrected chi connectivity index (χ1v) is 6.35. The van der Waals surface area contributed by atoms with Crippen LogP contribution in [0.2, 0.25) is 0 Å². The number of rotatable bonds is 8. The zero-order chi connectivity index (χ0) is 15.0. The molecule has 7 nitrogen and oxygen atoms in total. The van der Waals surface area contributed by atoms with Crippen LogP contribution in [0.3, 0.4) is 0 Å². The SMILES string of the molecule is CCC(C)CN(CC)C(=O)N(CC(N)=O)CC(=O)O. The minimum absolute atomic E-state index is 0.309. The monoisotopic (exact) mass is 273 g/mol. The van der Waals surface area contributed by atoms with Crippen LogP contribution in [0, 0.1) is 5.92 Å². The average molecular weight is 273 g/mol. The zero-order valence-corrected chi connectivity index (χ0v) is 11.8. The van der Waals surface area contributed by atoms with Crippen LogP contribution in [0.5, 0.6) is 0 Å². The second-order valence-electron chi connectivity index (χ2n) is 4.55. The van der Waals surface area contributed by atoms with E-state index < -0.39 is 24.5 Å². The van der Waals surface area contributed by atoms with Crippen molar-refractivity contribution in [3.63, 3.8) is 0 Å². The van der Waals surface area contributed by atoms with E-state index in [1.807, 2.05) is 20.8 Å². The van der Waals surface area contributed by atoms with Gasteiger partial charge in [-0.2, -0.15) is 0 Å². The first kappa shape index (κ1) is 17.2. The molecule has 0 aliphatic rings. The molecule has 0 saturated carbocycles. The third-order valence-corrected chi connectivity index (χ3v) is 2.82. The lowest BCUT2D eigenvalue weighted by molar-refractivity contribution is -0.138. The molecule has 0 spiro atoms. The van der Waals surface area contributed by atoms with Crippen LogP contribution in [0.4, 0.5) is 4.79 Å². The van der Waals surface area contributed by atoms with Gasteiger partial charge in [0.1, 0.15) is 13.1 Å². The predicted octanol–water partition coefficient (Wildman–Crippen LogP) is 0.346. The van der Waals surface area contributed by atoms with E-state index in [2.05, 4.69) is 0 Å². The van der Waals surface area contributed by atoms with Crippen LogP contribution in [0.25, 0.3) is 0 Å². The number of carboxylic acid groups (broad SMARTS) is 1. The molecule has 1 atom stereocenters. The first-order valence-electron chi connectivity index (χ1n) is 6.35. The van der Waals surface area contributed by atoms with Crippen molar-refractivity contribution in [3.8, 4) is 0 Å². The van der Waals surface area contributed by atoms with Crippen LogP contribution in [-0.4, -0.2) is 59.0 Å². The molecule has 0 aromatic rings. The van der Waals surface area contributed by atoms with Crippen molar-refractivity contribution < 1.29 is 19.5 Å². The second kappa shape index (κ2) is 8.34. The molecule has 0 fully saturated rings. The summed E-state index contributed by atoms with van der Waals surface area (Å²) in [4.78, 5) is 36.3. The molecule has 110 valence electrons. The van der Waals surface area contributed by atoms with Crippen molar-refractivity contribution in [2.24, 2.45) is 11.7 Å². The van der Waals surface area contributed by atoms with E-state index in [0.29, 0.717) is 19.0 Å². The highest BCUT2D eigenvalue weighted by molar-refractivity contribution is 5.85. The Balaban J connectivity index is 4.81. The van der Waals surface area contributed by atoms with Gasteiger partial charge in [-0.25, -0.2) is 4.79 Å². The largest absolute Gasteiger partial charge is 0.480 e. The number of hydrogen-bond acceptors (Lipinski definition) is 3. The molecular formula is C12H23N3O4. The molecule has 3 N–H and O–H groups in total. The number of carboxylic acids is 1. The summed E-state index contributed by atoms with van der Waals surface area (Å²) in [7, 11) is 0. The standard InChI is InChI=1S/C12H23N3O4/c1-4-9(3)6-14(5-2)12(19)15(7-10(13)16)8-11(17)18/h9H,4-8H2,1-3H3,(H2,13,16)(H,17,18). The van der Waals surface area contributed by atoms with Crippen LogP contribution in [-0.2, 0) is 9.59 Å². The van der Waals surface area contributed by atoms with Gasteiger partial charge >= 0.3 is 12.0 Å². The quantitative estimate of drug-likeness (QED) is 0.665. The molecule has 0 radical (unpaired) electrons. The Morgan fingerprint density at radius 1 is 1.16 bits per heavy atom. The van der Waals surface area contributed by atoms with Gasteiger partial charge in [-0.05, 0) is 12.8 Å². The number of amides is 3. The third-order valence-electron chi connectivity index (χ3n) is 2.82. The molecule has 0 aliphatic heterocycles. The molecular weight excluding hydrogens is 250 g/mol. The fraction of sp³-hybridized carbons (Fsp3) is 0.750. The van der Waals surface area contributed by atoms with E-state index >= 15 is 0 Å². The number of hydrogen-bond donors (Lipinski definition) is 2. The smallest absolute Gasteiger partial charge is 0.323 e. The lowest BCUT2D eigenvalue weighted by atomic mass is 10.1. The van der Waals surface area contributed by atoms with Crippen molar-refractivity contribution >= 4 is 17.9 Å².